The first kappa shape index (κ1) is 11.7. The normalized spacial score (nSPS) is 11.8. The van der Waals surface area contributed by atoms with Gasteiger partial charge >= 0.3 is 5.97 Å². The zero-order valence-corrected chi connectivity index (χ0v) is 9.45. The fraction of sp³-hybridized carbons (Fsp3) is 0.400. The molecule has 1 heterocycles. The quantitative estimate of drug-likeness (QED) is 0.619. The molecule has 0 aliphatic carbocycles. The molecule has 0 bridgehead atoms. The van der Waals surface area contributed by atoms with Gasteiger partial charge in [0.25, 0.3) is 0 Å². The molecule has 0 saturated heterocycles. The van der Waals surface area contributed by atoms with Crippen LogP contribution in [-0.4, -0.2) is 23.4 Å². The summed E-state index contributed by atoms with van der Waals surface area (Å²) in [6, 6.07) is 3.86. The molecular formula is C10H13NO3S. The van der Waals surface area contributed by atoms with E-state index in [2.05, 4.69) is 5.16 Å². The lowest BCUT2D eigenvalue weighted by Gasteiger charge is -2.06. The maximum Gasteiger partial charge on any atom is 0.344 e. The minimum Gasteiger partial charge on any atom is -0.479 e. The van der Waals surface area contributed by atoms with E-state index in [0.29, 0.717) is 0 Å². The van der Waals surface area contributed by atoms with Crippen LogP contribution in [0.4, 0.5) is 0 Å². The summed E-state index contributed by atoms with van der Waals surface area (Å²) < 4.78 is 0. The molecule has 1 rings (SSSR count). The van der Waals surface area contributed by atoms with Crippen LogP contribution in [0.15, 0.2) is 22.7 Å². The van der Waals surface area contributed by atoms with E-state index in [0.717, 1.165) is 10.6 Å². The number of hydrogen-bond donors (Lipinski definition) is 1. The minimum absolute atomic E-state index is 0.206. The minimum atomic E-state index is -1.02. The van der Waals surface area contributed by atoms with E-state index < -0.39 is 12.6 Å². The van der Waals surface area contributed by atoms with E-state index in [1.807, 2.05) is 31.4 Å². The molecule has 1 aromatic rings. The molecule has 0 aliphatic rings. The van der Waals surface area contributed by atoms with Crippen molar-refractivity contribution in [3.8, 4) is 0 Å². The molecule has 4 nitrogen and oxygen atoms in total. The van der Waals surface area contributed by atoms with Crippen LogP contribution in [0.5, 0.6) is 0 Å². The number of thiophene rings is 1. The van der Waals surface area contributed by atoms with Crippen LogP contribution in [0.3, 0.4) is 0 Å². The van der Waals surface area contributed by atoms with Crippen LogP contribution in [0.2, 0.25) is 0 Å². The number of rotatable bonds is 5. The second kappa shape index (κ2) is 5.50. The van der Waals surface area contributed by atoms with Crippen molar-refractivity contribution in [2.75, 3.05) is 6.61 Å². The lowest BCUT2D eigenvalue weighted by Crippen LogP contribution is -2.11. The van der Waals surface area contributed by atoms with Crippen molar-refractivity contribution in [2.45, 2.75) is 13.8 Å². The third kappa shape index (κ3) is 3.71. The topological polar surface area (TPSA) is 58.9 Å². The Morgan fingerprint density at radius 3 is 2.87 bits per heavy atom. The Balaban J connectivity index is 2.70. The second-order valence-electron chi connectivity index (χ2n) is 3.28. The highest BCUT2D eigenvalue weighted by molar-refractivity contribution is 7.12. The second-order valence-corrected chi connectivity index (χ2v) is 4.22. The van der Waals surface area contributed by atoms with Gasteiger partial charge in [-0.1, -0.05) is 25.1 Å². The standard InChI is InChI=1S/C10H13NO3S/c1-7(2)10(8-4-3-5-15-8)11-14-6-9(12)13/h3-5,7H,6H2,1-2H3,(H,12,13). The number of carbonyl (C=O) groups is 1. The zero-order chi connectivity index (χ0) is 11.3. The van der Waals surface area contributed by atoms with Gasteiger partial charge in [0.2, 0.25) is 6.61 Å². The molecule has 0 saturated carbocycles. The fourth-order valence-corrected chi connectivity index (χ4v) is 1.87. The number of carboxylic acid groups (broad SMARTS) is 1. The summed E-state index contributed by atoms with van der Waals surface area (Å²) in [5.41, 5.74) is 0.784. The first-order valence-electron chi connectivity index (χ1n) is 4.56. The molecule has 1 N–H and O–H groups in total. The third-order valence-electron chi connectivity index (χ3n) is 1.67. The Morgan fingerprint density at radius 2 is 2.40 bits per heavy atom. The average molecular weight is 227 g/mol. The largest absolute Gasteiger partial charge is 0.479 e. The summed E-state index contributed by atoms with van der Waals surface area (Å²) in [7, 11) is 0. The molecule has 0 aliphatic heterocycles. The number of carboxylic acids is 1. The van der Waals surface area contributed by atoms with Gasteiger partial charge in [0.15, 0.2) is 0 Å². The van der Waals surface area contributed by atoms with Crippen molar-refractivity contribution in [3.63, 3.8) is 0 Å². The fourth-order valence-electron chi connectivity index (χ4n) is 1.02. The first-order chi connectivity index (χ1) is 7.11. The molecule has 5 heteroatoms. The third-order valence-corrected chi connectivity index (χ3v) is 2.56. The lowest BCUT2D eigenvalue weighted by molar-refractivity contribution is -0.142. The molecule has 0 radical (unpaired) electrons. The molecule has 0 amide bonds. The number of aliphatic carboxylic acids is 1. The van der Waals surface area contributed by atoms with Crippen LogP contribution in [0, 0.1) is 5.92 Å². The molecule has 0 fully saturated rings. The maximum atomic E-state index is 10.2. The average Bonchev–Trinajstić information content (AvgIpc) is 2.63. The van der Waals surface area contributed by atoms with Crippen LogP contribution in [0.1, 0.15) is 18.7 Å². The first-order valence-corrected chi connectivity index (χ1v) is 5.44. The summed E-state index contributed by atoms with van der Waals surface area (Å²) in [5, 5.41) is 14.2. The van der Waals surface area contributed by atoms with Crippen molar-refractivity contribution in [3.05, 3.63) is 22.4 Å². The van der Waals surface area contributed by atoms with Crippen LogP contribution in [-0.2, 0) is 9.63 Å². The van der Waals surface area contributed by atoms with E-state index in [4.69, 9.17) is 9.94 Å². The van der Waals surface area contributed by atoms with Crippen molar-refractivity contribution in [1.82, 2.24) is 0 Å². The van der Waals surface area contributed by atoms with Crippen LogP contribution >= 0.6 is 11.3 Å². The summed E-state index contributed by atoms with van der Waals surface area (Å²) in [6.45, 7) is 3.58. The molecule has 0 spiro atoms. The van der Waals surface area contributed by atoms with Gasteiger partial charge in [0, 0.05) is 5.92 Å². The number of oxime groups is 1. The van der Waals surface area contributed by atoms with E-state index in [9.17, 15) is 4.79 Å². The molecule has 1 aromatic heterocycles. The van der Waals surface area contributed by atoms with E-state index in [-0.39, 0.29) is 5.92 Å². The Labute approximate surface area is 92.2 Å². The molecule has 15 heavy (non-hydrogen) atoms. The maximum absolute atomic E-state index is 10.2. The van der Waals surface area contributed by atoms with E-state index >= 15 is 0 Å². The summed E-state index contributed by atoms with van der Waals surface area (Å²) in [6.07, 6.45) is 0. The summed E-state index contributed by atoms with van der Waals surface area (Å²) in [5.74, 6) is -0.814. The van der Waals surface area contributed by atoms with Gasteiger partial charge in [-0.3, -0.25) is 0 Å². The molecule has 82 valence electrons. The summed E-state index contributed by atoms with van der Waals surface area (Å²) >= 11 is 1.56. The highest BCUT2D eigenvalue weighted by Crippen LogP contribution is 2.15. The van der Waals surface area contributed by atoms with Gasteiger partial charge in [0.1, 0.15) is 0 Å². The van der Waals surface area contributed by atoms with Crippen molar-refractivity contribution >= 4 is 23.0 Å². The van der Waals surface area contributed by atoms with Gasteiger partial charge in [-0.25, -0.2) is 4.79 Å². The van der Waals surface area contributed by atoms with Gasteiger partial charge in [-0.15, -0.1) is 11.3 Å². The Morgan fingerprint density at radius 1 is 1.67 bits per heavy atom. The van der Waals surface area contributed by atoms with Gasteiger partial charge in [0.05, 0.1) is 10.6 Å². The Kier molecular flexibility index (Phi) is 4.30. The highest BCUT2D eigenvalue weighted by atomic mass is 32.1. The SMILES string of the molecule is CC(C)C(=NOCC(=O)O)c1cccs1. The predicted molar refractivity (Wildman–Crippen MR) is 59.3 cm³/mol. The molecular weight excluding hydrogens is 214 g/mol. The monoisotopic (exact) mass is 227 g/mol. The number of nitrogens with zero attached hydrogens (tertiary/aromatic N) is 1. The Hall–Kier alpha value is -1.36. The van der Waals surface area contributed by atoms with Crippen LogP contribution in [0.25, 0.3) is 0 Å². The smallest absolute Gasteiger partial charge is 0.344 e. The van der Waals surface area contributed by atoms with Gasteiger partial charge in [-0.2, -0.15) is 0 Å². The summed E-state index contributed by atoms with van der Waals surface area (Å²) in [4.78, 5) is 16.0. The molecule has 0 unspecified atom stereocenters. The van der Waals surface area contributed by atoms with Crippen LogP contribution < -0.4 is 0 Å². The van der Waals surface area contributed by atoms with E-state index in [1.165, 1.54) is 0 Å². The van der Waals surface area contributed by atoms with Crippen molar-refractivity contribution < 1.29 is 14.7 Å². The lowest BCUT2D eigenvalue weighted by atomic mass is 10.1. The zero-order valence-electron chi connectivity index (χ0n) is 8.64. The molecule has 0 aromatic carbocycles. The predicted octanol–water partition coefficient (Wildman–Crippen LogP) is 2.21. The Bertz CT molecular complexity index is 344. The van der Waals surface area contributed by atoms with Gasteiger partial charge in [-0.05, 0) is 11.4 Å². The highest BCUT2D eigenvalue weighted by Gasteiger charge is 2.10. The van der Waals surface area contributed by atoms with Crippen molar-refractivity contribution in [1.29, 1.82) is 0 Å². The van der Waals surface area contributed by atoms with Crippen molar-refractivity contribution in [2.24, 2.45) is 11.1 Å². The molecule has 0 atom stereocenters. The van der Waals surface area contributed by atoms with E-state index in [1.54, 1.807) is 11.3 Å². The number of hydrogen-bond acceptors (Lipinski definition) is 4. The van der Waals surface area contributed by atoms with Gasteiger partial charge < -0.3 is 9.94 Å².